The third-order valence-electron chi connectivity index (χ3n) is 15.5. The van der Waals surface area contributed by atoms with Gasteiger partial charge in [-0.3, -0.25) is 0 Å². The normalized spacial score (nSPS) is 14.4. The minimum absolute atomic E-state index is 0.00211. The number of furan rings is 1. The van der Waals surface area contributed by atoms with Crippen molar-refractivity contribution in [1.82, 2.24) is 4.48 Å². The molecule has 0 fully saturated rings. The van der Waals surface area contributed by atoms with Crippen LogP contribution in [0.15, 0.2) is 132 Å². The molecule has 10 aromatic rings. The van der Waals surface area contributed by atoms with Crippen LogP contribution < -0.4 is 16.0 Å². The molecule has 0 radical (unpaired) electrons. The molecule has 4 heteroatoms. The fourth-order valence-electron chi connectivity index (χ4n) is 11.9. The molecule has 12 rings (SSSR count). The minimum atomic E-state index is -0.246. The standard InChI is InChI=1S/C64H63BN2O/c1-15-19-36(16-2)46-32-39(61(3,4)5)24-28-50(46)66-58-45-27-23-38-31-41(63(9,10)11)30-37-22-26-44(54(45)53(37)38)55-49-35-42(64(12,13)14)34-48-47-33-40(62(6,7)8)25-29-51(47)67(57(48)49)65(56(55)58)60-59(66)43-20-17-18-21-52(43)68-60/h16-35H,2,15H2,1,3-14H3/b36-19+. The maximum atomic E-state index is 7.46. The molecule has 3 nitrogen and oxygen atoms in total. The Hall–Kier alpha value is -6.52. The highest BCUT2D eigenvalue weighted by Gasteiger charge is 2.48. The van der Waals surface area contributed by atoms with Crippen molar-refractivity contribution in [2.24, 2.45) is 0 Å². The van der Waals surface area contributed by atoms with Crippen LogP contribution in [0.1, 0.15) is 124 Å². The second kappa shape index (κ2) is 14.0. The zero-order chi connectivity index (χ0) is 47.7. The predicted molar refractivity (Wildman–Crippen MR) is 297 cm³/mol. The van der Waals surface area contributed by atoms with E-state index in [1.54, 1.807) is 0 Å². The van der Waals surface area contributed by atoms with Crippen molar-refractivity contribution in [2.75, 3.05) is 4.90 Å². The van der Waals surface area contributed by atoms with Crippen LogP contribution in [0.4, 0.5) is 17.1 Å². The smallest absolute Gasteiger partial charge is 0.376 e. The van der Waals surface area contributed by atoms with Gasteiger partial charge in [-0.05, 0) is 137 Å². The summed E-state index contributed by atoms with van der Waals surface area (Å²) < 4.78 is 10.1. The number of allylic oxidation sites excluding steroid dienone is 3. The third-order valence-corrected chi connectivity index (χ3v) is 15.5. The average Bonchev–Trinajstić information content (AvgIpc) is 3.83. The number of anilines is 3. The van der Waals surface area contributed by atoms with Gasteiger partial charge < -0.3 is 13.8 Å². The Balaban J connectivity index is 1.35. The molecule has 0 saturated carbocycles. The van der Waals surface area contributed by atoms with Gasteiger partial charge in [0.05, 0.1) is 17.1 Å². The van der Waals surface area contributed by atoms with Crippen molar-refractivity contribution in [3.63, 3.8) is 0 Å². The Labute approximate surface area is 402 Å². The predicted octanol–water partition coefficient (Wildman–Crippen LogP) is 17.0. The summed E-state index contributed by atoms with van der Waals surface area (Å²) in [6.07, 6.45) is 5.29. The SMILES string of the molecule is C=C/C(=C\CC)c1cc(C(C)(C)C)ccc1N1c2c(oc3ccccc23)B2c3c(c4ccc5cc(C(C)(C)C)cc6ccc(c31)c4c56)-c1cc(C(C)(C)C)cc3c4cc(C(C)(C)C)ccc4n2c13. The van der Waals surface area contributed by atoms with Crippen LogP contribution in [-0.4, -0.2) is 11.3 Å². The second-order valence-electron chi connectivity index (χ2n) is 24.1. The van der Waals surface area contributed by atoms with Crippen LogP contribution in [-0.2, 0) is 21.7 Å². The second-order valence-corrected chi connectivity index (χ2v) is 24.1. The minimum Gasteiger partial charge on any atom is -0.466 e. The number of hydrogen-bond acceptors (Lipinski definition) is 2. The van der Waals surface area contributed by atoms with Gasteiger partial charge in [-0.25, -0.2) is 0 Å². The van der Waals surface area contributed by atoms with E-state index in [1.807, 2.05) is 0 Å². The number of benzene rings is 8. The van der Waals surface area contributed by atoms with Gasteiger partial charge >= 0.3 is 6.85 Å². The lowest BCUT2D eigenvalue weighted by molar-refractivity contribution is 0.590. The van der Waals surface area contributed by atoms with Gasteiger partial charge in [-0.2, -0.15) is 0 Å². The lowest BCUT2D eigenvalue weighted by atomic mass is 9.47. The molecule has 0 aliphatic carbocycles. The van der Waals surface area contributed by atoms with E-state index in [4.69, 9.17) is 4.42 Å². The lowest BCUT2D eigenvalue weighted by Gasteiger charge is -2.41. The molecule has 0 atom stereocenters. The van der Waals surface area contributed by atoms with E-state index in [2.05, 4.69) is 227 Å². The number of para-hydroxylation sites is 1. The van der Waals surface area contributed by atoms with Crippen LogP contribution in [0.25, 0.3) is 81.8 Å². The summed E-state index contributed by atoms with van der Waals surface area (Å²) in [6, 6.07) is 42.8. The van der Waals surface area contributed by atoms with E-state index in [-0.39, 0.29) is 28.5 Å². The van der Waals surface area contributed by atoms with Crippen molar-refractivity contribution in [1.29, 1.82) is 0 Å². The van der Waals surface area contributed by atoms with E-state index < -0.39 is 0 Å². The Kier molecular flexibility index (Phi) is 8.84. The number of rotatable bonds is 4. The average molecular weight is 887 g/mol. The molecule has 0 amide bonds. The van der Waals surface area contributed by atoms with E-state index in [0.29, 0.717) is 0 Å². The Morgan fingerprint density at radius 2 is 1.21 bits per heavy atom. The summed E-state index contributed by atoms with van der Waals surface area (Å²) in [5.74, 6) is 0. The first-order chi connectivity index (χ1) is 32.2. The van der Waals surface area contributed by atoms with Crippen molar-refractivity contribution in [3.8, 4) is 11.1 Å². The van der Waals surface area contributed by atoms with Crippen LogP contribution in [0.5, 0.6) is 0 Å². The van der Waals surface area contributed by atoms with Crippen LogP contribution in [0.2, 0.25) is 0 Å². The van der Waals surface area contributed by atoms with Crippen molar-refractivity contribution < 1.29 is 4.42 Å². The summed E-state index contributed by atoms with van der Waals surface area (Å²) >= 11 is 0. The molecule has 0 unspecified atom stereocenters. The monoisotopic (exact) mass is 887 g/mol. The van der Waals surface area contributed by atoms with E-state index in [0.717, 1.165) is 40.0 Å². The van der Waals surface area contributed by atoms with Crippen LogP contribution in [0.3, 0.4) is 0 Å². The van der Waals surface area contributed by atoms with E-state index in [9.17, 15) is 0 Å². The first kappa shape index (κ1) is 42.8. The maximum Gasteiger partial charge on any atom is 0.376 e. The highest BCUT2D eigenvalue weighted by Crippen LogP contribution is 2.55. The number of hydrogen-bond donors (Lipinski definition) is 0. The summed E-state index contributed by atoms with van der Waals surface area (Å²) in [5.41, 5.74) is 19.2. The zero-order valence-electron chi connectivity index (χ0n) is 42.3. The molecule has 2 aliphatic heterocycles. The van der Waals surface area contributed by atoms with E-state index in [1.165, 1.54) is 104 Å². The fourth-order valence-corrected chi connectivity index (χ4v) is 11.9. The number of aromatic nitrogens is 1. The van der Waals surface area contributed by atoms with Crippen molar-refractivity contribution in [3.05, 3.63) is 156 Å². The van der Waals surface area contributed by atoms with Gasteiger partial charge in [0, 0.05) is 49.1 Å². The maximum absolute atomic E-state index is 7.46. The topological polar surface area (TPSA) is 21.3 Å². The quantitative estimate of drug-likeness (QED) is 0.0997. The summed E-state index contributed by atoms with van der Waals surface area (Å²) in [6.45, 7) is 34.4. The molecule has 0 bridgehead atoms. The highest BCUT2D eigenvalue weighted by atomic mass is 16.3. The summed E-state index contributed by atoms with van der Waals surface area (Å²) in [5, 5.41) is 11.5. The molecular weight excluding hydrogens is 824 g/mol. The molecule has 0 saturated heterocycles. The molecule has 8 aromatic carbocycles. The number of fused-ring (bicyclic) bond motifs is 11. The first-order valence-corrected chi connectivity index (χ1v) is 24.9. The van der Waals surface area contributed by atoms with Gasteiger partial charge in [0.25, 0.3) is 0 Å². The van der Waals surface area contributed by atoms with Crippen LogP contribution >= 0.6 is 0 Å². The van der Waals surface area contributed by atoms with Crippen molar-refractivity contribution in [2.45, 2.75) is 118 Å². The molecule has 68 heavy (non-hydrogen) atoms. The van der Waals surface area contributed by atoms with Gasteiger partial charge in [-0.1, -0.05) is 169 Å². The fraction of sp³-hybridized carbons (Fsp3) is 0.281. The molecule has 2 aromatic heterocycles. The Morgan fingerprint density at radius 3 is 1.87 bits per heavy atom. The van der Waals surface area contributed by atoms with Crippen LogP contribution in [0, 0.1) is 0 Å². The van der Waals surface area contributed by atoms with Gasteiger partial charge in [0.1, 0.15) is 11.2 Å². The molecular formula is C64H63BN2O. The number of nitrogens with zero attached hydrogens (tertiary/aromatic N) is 2. The Morgan fingerprint density at radius 1 is 0.588 bits per heavy atom. The van der Waals surface area contributed by atoms with Gasteiger partial charge in [0.15, 0.2) is 0 Å². The van der Waals surface area contributed by atoms with Gasteiger partial charge in [-0.15, -0.1) is 0 Å². The van der Waals surface area contributed by atoms with E-state index >= 15 is 0 Å². The first-order valence-electron chi connectivity index (χ1n) is 24.9. The summed E-state index contributed by atoms with van der Waals surface area (Å²) in [7, 11) is 0. The molecule has 2 aliphatic rings. The Bertz CT molecular complexity index is 3820. The van der Waals surface area contributed by atoms with Crippen molar-refractivity contribution >= 4 is 106 Å². The molecule has 338 valence electrons. The molecule has 0 spiro atoms. The third kappa shape index (κ3) is 5.91. The van der Waals surface area contributed by atoms with Gasteiger partial charge in [0.2, 0.25) is 0 Å². The zero-order valence-corrected chi connectivity index (χ0v) is 42.3. The molecule has 4 heterocycles. The summed E-state index contributed by atoms with van der Waals surface area (Å²) in [4.78, 5) is 2.62. The largest absolute Gasteiger partial charge is 0.466 e. The lowest BCUT2D eigenvalue weighted by Crippen LogP contribution is -2.56. The highest BCUT2D eigenvalue weighted by molar-refractivity contribution is 6.90. The molecule has 0 N–H and O–H groups in total.